The lowest BCUT2D eigenvalue weighted by atomic mass is 10.1. The van der Waals surface area contributed by atoms with Crippen LogP contribution in [0.25, 0.3) is 6.08 Å². The van der Waals surface area contributed by atoms with E-state index in [0.29, 0.717) is 17.1 Å². The van der Waals surface area contributed by atoms with Crippen molar-refractivity contribution in [1.29, 1.82) is 0 Å². The first kappa shape index (κ1) is 13.8. The van der Waals surface area contributed by atoms with E-state index in [1.807, 2.05) is 0 Å². The van der Waals surface area contributed by atoms with E-state index in [2.05, 4.69) is 0 Å². The van der Waals surface area contributed by atoms with Gasteiger partial charge in [0.2, 0.25) is 0 Å². The van der Waals surface area contributed by atoms with Gasteiger partial charge in [0.05, 0.1) is 14.2 Å². The molecular weight excluding hydrogens is 236 g/mol. The minimum atomic E-state index is -1.27. The topological polar surface area (TPSA) is 72.8 Å². The molecule has 0 fully saturated rings. The van der Waals surface area contributed by atoms with E-state index in [0.717, 1.165) is 0 Å². The first-order valence-corrected chi connectivity index (χ1v) is 5.17. The Morgan fingerprint density at radius 2 is 1.89 bits per heavy atom. The van der Waals surface area contributed by atoms with Crippen molar-refractivity contribution in [2.75, 3.05) is 14.2 Å². The monoisotopic (exact) mass is 250 g/mol. The molecule has 0 amide bonds. The fraction of sp³-hybridized carbons (Fsp3) is 0.231. The summed E-state index contributed by atoms with van der Waals surface area (Å²) in [7, 11) is 2.96. The molecule has 0 spiro atoms. The van der Waals surface area contributed by atoms with Crippen molar-refractivity contribution in [3.63, 3.8) is 0 Å². The molecule has 0 atom stereocenters. The second-order valence-corrected chi connectivity index (χ2v) is 3.53. The van der Waals surface area contributed by atoms with Crippen LogP contribution in [-0.2, 0) is 9.59 Å². The number of hydrogen-bond donors (Lipinski definition) is 1. The Balaban J connectivity index is 3.33. The standard InChI is InChI=1S/C13H14O5/c1-8(14)11(13(15)16)7-9-6-10(17-2)4-5-12(9)18-3/h4-7H,1-3H3,(H,15,16). The molecule has 0 aliphatic rings. The van der Waals surface area contributed by atoms with Crippen LogP contribution in [0.15, 0.2) is 23.8 Å². The first-order chi connectivity index (χ1) is 8.49. The SMILES string of the molecule is COc1ccc(OC)c(C=C(C(C)=O)C(=O)O)c1. The lowest BCUT2D eigenvalue weighted by Gasteiger charge is -2.08. The molecule has 0 aliphatic heterocycles. The van der Waals surface area contributed by atoms with Crippen LogP contribution in [0.3, 0.4) is 0 Å². The summed E-state index contributed by atoms with van der Waals surface area (Å²) in [6, 6.07) is 4.93. The molecule has 18 heavy (non-hydrogen) atoms. The molecule has 1 aromatic rings. The third-order valence-corrected chi connectivity index (χ3v) is 2.35. The normalized spacial score (nSPS) is 10.9. The van der Waals surface area contributed by atoms with Crippen molar-refractivity contribution in [1.82, 2.24) is 0 Å². The van der Waals surface area contributed by atoms with E-state index >= 15 is 0 Å². The molecule has 5 nitrogen and oxygen atoms in total. The maximum Gasteiger partial charge on any atom is 0.339 e. The number of hydrogen-bond acceptors (Lipinski definition) is 4. The molecule has 1 N–H and O–H groups in total. The van der Waals surface area contributed by atoms with Crippen molar-refractivity contribution in [3.05, 3.63) is 29.3 Å². The van der Waals surface area contributed by atoms with Gasteiger partial charge in [0.15, 0.2) is 5.78 Å². The number of Topliss-reactive ketones (excluding diaryl/α,β-unsaturated/α-hetero) is 1. The molecule has 0 saturated heterocycles. The van der Waals surface area contributed by atoms with Crippen LogP contribution in [-0.4, -0.2) is 31.1 Å². The molecular formula is C13H14O5. The maximum atomic E-state index is 11.2. The molecule has 0 unspecified atom stereocenters. The summed E-state index contributed by atoms with van der Waals surface area (Å²) in [5.41, 5.74) is 0.172. The number of carbonyl (C=O) groups excluding carboxylic acids is 1. The lowest BCUT2D eigenvalue weighted by molar-refractivity contribution is -0.134. The van der Waals surface area contributed by atoms with Gasteiger partial charge >= 0.3 is 5.97 Å². The van der Waals surface area contributed by atoms with Crippen LogP contribution in [0.5, 0.6) is 11.5 Å². The second kappa shape index (κ2) is 5.86. The highest BCUT2D eigenvalue weighted by molar-refractivity contribution is 6.19. The zero-order chi connectivity index (χ0) is 13.7. The largest absolute Gasteiger partial charge is 0.497 e. The van der Waals surface area contributed by atoms with Crippen LogP contribution < -0.4 is 9.47 Å². The van der Waals surface area contributed by atoms with E-state index < -0.39 is 11.8 Å². The molecule has 0 saturated carbocycles. The van der Waals surface area contributed by atoms with Gasteiger partial charge in [0, 0.05) is 5.56 Å². The molecule has 5 heteroatoms. The highest BCUT2D eigenvalue weighted by Gasteiger charge is 2.14. The molecule has 0 heterocycles. The number of carboxylic acids is 1. The molecule has 0 aliphatic carbocycles. The predicted octanol–water partition coefficient (Wildman–Crippen LogP) is 1.76. The fourth-order valence-corrected chi connectivity index (χ4v) is 1.42. The third-order valence-electron chi connectivity index (χ3n) is 2.35. The summed E-state index contributed by atoms with van der Waals surface area (Å²) in [4.78, 5) is 22.2. The van der Waals surface area contributed by atoms with Gasteiger partial charge in [-0.2, -0.15) is 0 Å². The number of ketones is 1. The Morgan fingerprint density at radius 3 is 2.33 bits per heavy atom. The summed E-state index contributed by atoms with van der Waals surface area (Å²) in [5.74, 6) is -0.772. The summed E-state index contributed by atoms with van der Waals surface area (Å²) < 4.78 is 10.1. The van der Waals surface area contributed by atoms with E-state index in [9.17, 15) is 9.59 Å². The molecule has 0 aromatic heterocycles. The van der Waals surface area contributed by atoms with Gasteiger partial charge in [-0.15, -0.1) is 0 Å². The zero-order valence-electron chi connectivity index (χ0n) is 10.4. The number of carboxylic acid groups (broad SMARTS) is 1. The maximum absolute atomic E-state index is 11.2. The average Bonchev–Trinajstić information content (AvgIpc) is 2.34. The minimum Gasteiger partial charge on any atom is -0.497 e. The van der Waals surface area contributed by atoms with Crippen LogP contribution in [0, 0.1) is 0 Å². The Bertz CT molecular complexity index is 486. The first-order valence-electron chi connectivity index (χ1n) is 5.17. The van der Waals surface area contributed by atoms with Gasteiger partial charge < -0.3 is 14.6 Å². The Hall–Kier alpha value is -2.30. The Morgan fingerprint density at radius 1 is 1.22 bits per heavy atom. The average molecular weight is 250 g/mol. The van der Waals surface area contributed by atoms with E-state index in [1.54, 1.807) is 18.2 Å². The van der Waals surface area contributed by atoms with E-state index in [-0.39, 0.29) is 5.57 Å². The molecule has 0 bridgehead atoms. The second-order valence-electron chi connectivity index (χ2n) is 3.53. The highest BCUT2D eigenvalue weighted by Crippen LogP contribution is 2.26. The van der Waals surface area contributed by atoms with Crippen molar-refractivity contribution in [2.45, 2.75) is 6.92 Å². The van der Waals surface area contributed by atoms with Crippen molar-refractivity contribution in [3.8, 4) is 11.5 Å². The van der Waals surface area contributed by atoms with Crippen LogP contribution in [0.4, 0.5) is 0 Å². The van der Waals surface area contributed by atoms with Gasteiger partial charge in [0.25, 0.3) is 0 Å². The molecule has 96 valence electrons. The number of rotatable bonds is 5. The summed E-state index contributed by atoms with van der Waals surface area (Å²) in [6.45, 7) is 1.20. The predicted molar refractivity (Wildman–Crippen MR) is 65.8 cm³/mol. The zero-order valence-corrected chi connectivity index (χ0v) is 10.4. The highest BCUT2D eigenvalue weighted by atomic mass is 16.5. The minimum absolute atomic E-state index is 0.304. The molecule has 0 radical (unpaired) electrons. The van der Waals surface area contributed by atoms with Crippen LogP contribution in [0.1, 0.15) is 12.5 Å². The quantitative estimate of drug-likeness (QED) is 0.489. The fourth-order valence-electron chi connectivity index (χ4n) is 1.42. The van der Waals surface area contributed by atoms with Gasteiger partial charge in [-0.05, 0) is 31.2 Å². The Kier molecular flexibility index (Phi) is 4.48. The molecule has 1 rings (SSSR count). The van der Waals surface area contributed by atoms with Crippen LogP contribution >= 0.6 is 0 Å². The Labute approximate surface area is 105 Å². The van der Waals surface area contributed by atoms with Crippen molar-refractivity contribution < 1.29 is 24.2 Å². The molecule has 1 aromatic carbocycles. The van der Waals surface area contributed by atoms with Crippen molar-refractivity contribution >= 4 is 17.8 Å². The van der Waals surface area contributed by atoms with E-state index in [1.165, 1.54) is 27.2 Å². The number of aliphatic carboxylic acids is 1. The summed E-state index contributed by atoms with van der Waals surface area (Å²) >= 11 is 0. The van der Waals surface area contributed by atoms with Crippen LogP contribution in [0.2, 0.25) is 0 Å². The number of carbonyl (C=O) groups is 2. The number of methoxy groups -OCH3 is 2. The smallest absolute Gasteiger partial charge is 0.339 e. The van der Waals surface area contributed by atoms with Gasteiger partial charge in [-0.3, -0.25) is 4.79 Å². The lowest BCUT2D eigenvalue weighted by Crippen LogP contribution is -2.08. The van der Waals surface area contributed by atoms with Gasteiger partial charge in [0.1, 0.15) is 17.1 Å². The summed E-state index contributed by atoms with van der Waals surface area (Å²) in [5, 5.41) is 8.93. The number of benzene rings is 1. The number of ether oxygens (including phenoxy) is 2. The summed E-state index contributed by atoms with van der Waals surface area (Å²) in [6.07, 6.45) is 1.27. The van der Waals surface area contributed by atoms with Gasteiger partial charge in [-0.1, -0.05) is 0 Å². The van der Waals surface area contributed by atoms with Gasteiger partial charge in [-0.25, -0.2) is 4.79 Å². The third kappa shape index (κ3) is 3.10. The van der Waals surface area contributed by atoms with Crippen molar-refractivity contribution in [2.24, 2.45) is 0 Å². The van der Waals surface area contributed by atoms with E-state index in [4.69, 9.17) is 14.6 Å².